The van der Waals surface area contributed by atoms with Crippen LogP contribution in [0.15, 0.2) is 91.0 Å². The Balaban J connectivity index is 1.72. The molecule has 0 aliphatic rings. The van der Waals surface area contributed by atoms with Crippen molar-refractivity contribution in [2.24, 2.45) is 0 Å². The van der Waals surface area contributed by atoms with Crippen molar-refractivity contribution in [3.8, 4) is 0 Å². The fraction of sp³-hybridized carbons (Fsp3) is 0.296. The second kappa shape index (κ2) is 11.3. The number of hydrogen-bond acceptors (Lipinski definition) is 3. The zero-order valence-corrected chi connectivity index (χ0v) is 17.9. The van der Waals surface area contributed by atoms with Crippen molar-refractivity contribution >= 4 is 5.97 Å². The monoisotopic (exact) mass is 401 g/mol. The van der Waals surface area contributed by atoms with E-state index in [1.165, 1.54) is 11.1 Å². The third-order valence-electron chi connectivity index (χ3n) is 5.57. The van der Waals surface area contributed by atoms with Crippen molar-refractivity contribution in [3.05, 3.63) is 108 Å². The lowest BCUT2D eigenvalue weighted by atomic mass is 10.0. The van der Waals surface area contributed by atoms with E-state index in [0.29, 0.717) is 13.0 Å². The molecule has 3 rings (SSSR count). The average Bonchev–Trinajstić information content (AvgIpc) is 2.81. The van der Waals surface area contributed by atoms with Gasteiger partial charge in [0.25, 0.3) is 0 Å². The van der Waals surface area contributed by atoms with E-state index >= 15 is 0 Å². The summed E-state index contributed by atoms with van der Waals surface area (Å²) >= 11 is 0. The highest BCUT2D eigenvalue weighted by atomic mass is 16.5. The van der Waals surface area contributed by atoms with Gasteiger partial charge in [0, 0.05) is 18.6 Å². The molecule has 3 aromatic carbocycles. The number of carbonyl (C=O) groups excluding carboxylic acids is 1. The van der Waals surface area contributed by atoms with Crippen molar-refractivity contribution in [1.82, 2.24) is 4.90 Å². The minimum absolute atomic E-state index is 0.101. The number of hydrogen-bond donors (Lipinski definition) is 0. The number of carbonyl (C=O) groups is 1. The molecule has 0 N–H and O–H groups in total. The summed E-state index contributed by atoms with van der Waals surface area (Å²) in [5.74, 6) is -0.149. The van der Waals surface area contributed by atoms with Gasteiger partial charge in [0.05, 0.1) is 6.42 Å². The van der Waals surface area contributed by atoms with E-state index < -0.39 is 0 Å². The van der Waals surface area contributed by atoms with Gasteiger partial charge in [-0.3, -0.25) is 9.69 Å². The molecule has 0 saturated heterocycles. The summed E-state index contributed by atoms with van der Waals surface area (Å²) in [5, 5.41) is 0. The Bertz CT molecular complexity index is 881. The van der Waals surface area contributed by atoms with Gasteiger partial charge in [-0.15, -0.1) is 0 Å². The molecule has 3 heteroatoms. The van der Waals surface area contributed by atoms with Crippen LogP contribution >= 0.6 is 0 Å². The first-order valence-electron chi connectivity index (χ1n) is 10.7. The predicted octanol–water partition coefficient (Wildman–Crippen LogP) is 6.16. The van der Waals surface area contributed by atoms with Gasteiger partial charge in [0.2, 0.25) is 0 Å². The Kier molecular flexibility index (Phi) is 8.22. The highest BCUT2D eigenvalue weighted by Crippen LogP contribution is 2.27. The smallest absolute Gasteiger partial charge is 0.307 e. The summed E-state index contributed by atoms with van der Waals surface area (Å²) in [6.07, 6.45) is 1.26. The maximum absolute atomic E-state index is 12.7. The molecule has 3 aromatic rings. The van der Waals surface area contributed by atoms with Crippen molar-refractivity contribution in [2.45, 2.75) is 51.9 Å². The van der Waals surface area contributed by atoms with Crippen LogP contribution < -0.4 is 0 Å². The average molecular weight is 402 g/mol. The lowest BCUT2D eigenvalue weighted by molar-refractivity contribution is -0.146. The molecule has 0 fully saturated rings. The van der Waals surface area contributed by atoms with E-state index in [9.17, 15) is 4.79 Å². The molecule has 2 atom stereocenters. The highest BCUT2D eigenvalue weighted by Gasteiger charge is 2.26. The maximum atomic E-state index is 12.7. The van der Waals surface area contributed by atoms with Crippen LogP contribution in [0.2, 0.25) is 0 Å². The van der Waals surface area contributed by atoms with E-state index in [0.717, 1.165) is 18.5 Å². The maximum Gasteiger partial charge on any atom is 0.307 e. The zero-order valence-electron chi connectivity index (χ0n) is 17.9. The first-order valence-corrected chi connectivity index (χ1v) is 10.7. The lowest BCUT2D eigenvalue weighted by Crippen LogP contribution is -2.38. The van der Waals surface area contributed by atoms with Crippen LogP contribution in [0.4, 0.5) is 0 Å². The first kappa shape index (κ1) is 21.8. The Hall–Kier alpha value is -2.91. The fourth-order valence-corrected chi connectivity index (χ4v) is 3.79. The Morgan fingerprint density at radius 1 is 0.833 bits per heavy atom. The van der Waals surface area contributed by atoms with Gasteiger partial charge in [-0.05, 0) is 30.0 Å². The van der Waals surface area contributed by atoms with Crippen LogP contribution in [0.25, 0.3) is 0 Å². The molecular formula is C27H31NO2. The molecule has 156 valence electrons. The van der Waals surface area contributed by atoms with Crippen LogP contribution in [0.3, 0.4) is 0 Å². The SMILES string of the molecule is CC[C@H](CC(=O)OCc1ccccc1)N(Cc1ccccc1)[C@H](C)c1ccccc1. The van der Waals surface area contributed by atoms with E-state index in [2.05, 4.69) is 67.3 Å². The number of esters is 1. The summed E-state index contributed by atoms with van der Waals surface area (Å²) in [7, 11) is 0. The zero-order chi connectivity index (χ0) is 21.2. The molecule has 0 saturated carbocycles. The molecule has 0 amide bonds. The number of ether oxygens (including phenoxy) is 1. The first-order chi connectivity index (χ1) is 14.7. The van der Waals surface area contributed by atoms with Gasteiger partial charge in [0.1, 0.15) is 6.61 Å². The van der Waals surface area contributed by atoms with Crippen LogP contribution in [-0.4, -0.2) is 16.9 Å². The topological polar surface area (TPSA) is 29.5 Å². The fourth-order valence-electron chi connectivity index (χ4n) is 3.79. The predicted molar refractivity (Wildman–Crippen MR) is 122 cm³/mol. The van der Waals surface area contributed by atoms with Gasteiger partial charge in [-0.1, -0.05) is 97.9 Å². The van der Waals surface area contributed by atoms with Crippen LogP contribution in [0.1, 0.15) is 49.4 Å². The van der Waals surface area contributed by atoms with Gasteiger partial charge in [-0.25, -0.2) is 0 Å². The van der Waals surface area contributed by atoms with Gasteiger partial charge >= 0.3 is 5.97 Å². The normalized spacial score (nSPS) is 13.0. The standard InChI is InChI=1S/C27H31NO2/c1-3-26(19-27(29)30-21-24-15-9-5-10-16-24)28(20-23-13-7-4-8-14-23)22(2)25-17-11-6-12-18-25/h4-18,22,26H,3,19-21H2,1-2H3/t22-,26-/m1/s1. The number of rotatable bonds is 10. The molecule has 0 aliphatic heterocycles. The van der Waals surface area contributed by atoms with Crippen molar-refractivity contribution < 1.29 is 9.53 Å². The molecule has 0 aliphatic carbocycles. The van der Waals surface area contributed by atoms with Crippen molar-refractivity contribution in [2.75, 3.05) is 0 Å². The van der Waals surface area contributed by atoms with E-state index in [1.807, 2.05) is 42.5 Å². The van der Waals surface area contributed by atoms with E-state index in [-0.39, 0.29) is 18.1 Å². The molecule has 0 heterocycles. The second-order valence-electron chi connectivity index (χ2n) is 7.66. The second-order valence-corrected chi connectivity index (χ2v) is 7.66. The van der Waals surface area contributed by atoms with E-state index in [1.54, 1.807) is 0 Å². The Morgan fingerprint density at radius 2 is 1.37 bits per heavy atom. The summed E-state index contributed by atoms with van der Waals surface area (Å²) in [6, 6.07) is 31.1. The summed E-state index contributed by atoms with van der Waals surface area (Å²) in [4.78, 5) is 15.1. The lowest BCUT2D eigenvalue weighted by Gasteiger charge is -2.36. The third kappa shape index (κ3) is 6.30. The van der Waals surface area contributed by atoms with E-state index in [4.69, 9.17) is 4.74 Å². The molecular weight excluding hydrogens is 370 g/mol. The Morgan fingerprint density at radius 3 is 1.93 bits per heavy atom. The largest absolute Gasteiger partial charge is 0.461 e. The number of benzene rings is 3. The molecule has 0 unspecified atom stereocenters. The third-order valence-corrected chi connectivity index (χ3v) is 5.57. The summed E-state index contributed by atoms with van der Waals surface area (Å²) in [5.41, 5.74) is 3.51. The molecule has 0 spiro atoms. The quantitative estimate of drug-likeness (QED) is 0.381. The molecule has 0 radical (unpaired) electrons. The molecule has 3 nitrogen and oxygen atoms in total. The molecule has 0 bridgehead atoms. The minimum Gasteiger partial charge on any atom is -0.461 e. The molecule has 30 heavy (non-hydrogen) atoms. The van der Waals surface area contributed by atoms with Crippen LogP contribution in [-0.2, 0) is 22.7 Å². The van der Waals surface area contributed by atoms with Gasteiger partial charge < -0.3 is 4.74 Å². The molecule has 0 aromatic heterocycles. The minimum atomic E-state index is -0.149. The van der Waals surface area contributed by atoms with Gasteiger partial charge in [0.15, 0.2) is 0 Å². The van der Waals surface area contributed by atoms with Crippen molar-refractivity contribution in [3.63, 3.8) is 0 Å². The number of nitrogens with zero attached hydrogens (tertiary/aromatic N) is 1. The summed E-state index contributed by atoms with van der Waals surface area (Å²) < 4.78 is 5.58. The van der Waals surface area contributed by atoms with Gasteiger partial charge in [-0.2, -0.15) is 0 Å². The Labute approximate surface area is 180 Å². The van der Waals surface area contributed by atoms with Crippen LogP contribution in [0.5, 0.6) is 0 Å². The summed E-state index contributed by atoms with van der Waals surface area (Å²) in [6.45, 7) is 5.48. The van der Waals surface area contributed by atoms with Crippen LogP contribution in [0, 0.1) is 0 Å². The highest BCUT2D eigenvalue weighted by molar-refractivity contribution is 5.70. The van der Waals surface area contributed by atoms with Crippen molar-refractivity contribution in [1.29, 1.82) is 0 Å².